The van der Waals surface area contributed by atoms with E-state index in [-0.39, 0.29) is 5.91 Å². The Bertz CT molecular complexity index is 395. The van der Waals surface area contributed by atoms with Gasteiger partial charge in [0.2, 0.25) is 5.91 Å². The van der Waals surface area contributed by atoms with E-state index in [2.05, 4.69) is 24.2 Å². The van der Waals surface area contributed by atoms with E-state index >= 15 is 0 Å². The second-order valence-corrected chi connectivity index (χ2v) is 7.76. The second kappa shape index (κ2) is 5.88. The Hall–Kier alpha value is -0.610. The van der Waals surface area contributed by atoms with Gasteiger partial charge < -0.3 is 16.0 Å². The SMILES string of the molecule is CC1CCCCC1N(C)C1CCC(NC2CC2)(C(N)=O)C1. The van der Waals surface area contributed by atoms with Crippen LogP contribution in [0.3, 0.4) is 0 Å². The quantitative estimate of drug-likeness (QED) is 0.815. The maximum Gasteiger partial charge on any atom is 0.237 e. The number of rotatable bonds is 5. The van der Waals surface area contributed by atoms with Gasteiger partial charge in [0.25, 0.3) is 0 Å². The van der Waals surface area contributed by atoms with Crippen LogP contribution >= 0.6 is 0 Å². The van der Waals surface area contributed by atoms with E-state index in [1.165, 1.54) is 38.5 Å². The van der Waals surface area contributed by atoms with E-state index in [0.717, 1.165) is 25.2 Å². The number of hydrogen-bond donors (Lipinski definition) is 2. The summed E-state index contributed by atoms with van der Waals surface area (Å²) in [4.78, 5) is 14.6. The lowest BCUT2D eigenvalue weighted by molar-refractivity contribution is -0.124. The van der Waals surface area contributed by atoms with Gasteiger partial charge in [-0.3, -0.25) is 4.79 Å². The van der Waals surface area contributed by atoms with E-state index in [1.807, 2.05) is 0 Å². The molecule has 3 aliphatic rings. The zero-order valence-electron chi connectivity index (χ0n) is 13.6. The van der Waals surface area contributed by atoms with Crippen molar-refractivity contribution in [3.05, 3.63) is 0 Å². The third kappa shape index (κ3) is 3.11. The van der Waals surface area contributed by atoms with Crippen LogP contribution in [0.25, 0.3) is 0 Å². The molecule has 0 aromatic rings. The predicted molar refractivity (Wildman–Crippen MR) is 84.9 cm³/mol. The third-order valence-electron chi connectivity index (χ3n) is 6.18. The maximum absolute atomic E-state index is 12.0. The highest BCUT2D eigenvalue weighted by molar-refractivity contribution is 5.85. The first-order valence-corrected chi connectivity index (χ1v) is 8.81. The molecule has 0 saturated heterocycles. The van der Waals surface area contributed by atoms with Crippen molar-refractivity contribution >= 4 is 5.91 Å². The Balaban J connectivity index is 1.65. The van der Waals surface area contributed by atoms with Crippen LogP contribution in [-0.2, 0) is 4.79 Å². The standard InChI is InChI=1S/C17H31N3O/c1-12-5-3-4-6-15(12)20(2)14-9-10-17(11-14,16(18)21)19-13-7-8-13/h12-15,19H,3-11H2,1-2H3,(H2,18,21). The van der Waals surface area contributed by atoms with Gasteiger partial charge in [-0.1, -0.05) is 19.8 Å². The topological polar surface area (TPSA) is 58.4 Å². The first kappa shape index (κ1) is 15.3. The molecule has 4 heteroatoms. The molecule has 0 heterocycles. The first-order chi connectivity index (χ1) is 10.0. The summed E-state index contributed by atoms with van der Waals surface area (Å²) in [6, 6.07) is 1.73. The molecule has 21 heavy (non-hydrogen) atoms. The van der Waals surface area contributed by atoms with Crippen LogP contribution in [0.2, 0.25) is 0 Å². The van der Waals surface area contributed by atoms with Gasteiger partial charge in [-0.15, -0.1) is 0 Å². The molecule has 0 spiro atoms. The number of primary amides is 1. The normalized spacial score (nSPS) is 40.6. The minimum absolute atomic E-state index is 0.137. The van der Waals surface area contributed by atoms with Crippen LogP contribution in [0.1, 0.15) is 64.7 Å². The summed E-state index contributed by atoms with van der Waals surface area (Å²) in [5.41, 5.74) is 5.32. The molecule has 3 N–H and O–H groups in total. The third-order valence-corrected chi connectivity index (χ3v) is 6.18. The monoisotopic (exact) mass is 293 g/mol. The number of nitrogens with two attached hydrogens (primary N) is 1. The molecule has 0 radical (unpaired) electrons. The van der Waals surface area contributed by atoms with Crippen molar-refractivity contribution in [3.63, 3.8) is 0 Å². The van der Waals surface area contributed by atoms with Gasteiger partial charge in [0, 0.05) is 18.1 Å². The van der Waals surface area contributed by atoms with Gasteiger partial charge in [0.1, 0.15) is 0 Å². The highest BCUT2D eigenvalue weighted by atomic mass is 16.1. The molecule has 120 valence electrons. The summed E-state index contributed by atoms with van der Waals surface area (Å²) in [5.74, 6) is 0.644. The smallest absolute Gasteiger partial charge is 0.237 e. The minimum atomic E-state index is -0.433. The minimum Gasteiger partial charge on any atom is -0.368 e. The zero-order valence-corrected chi connectivity index (χ0v) is 13.6. The van der Waals surface area contributed by atoms with Crippen molar-refractivity contribution in [1.82, 2.24) is 10.2 Å². The van der Waals surface area contributed by atoms with Crippen LogP contribution in [0, 0.1) is 5.92 Å². The Kier molecular flexibility index (Phi) is 4.28. The lowest BCUT2D eigenvalue weighted by Gasteiger charge is -2.40. The molecule has 4 atom stereocenters. The molecule has 0 aromatic heterocycles. The molecule has 3 aliphatic carbocycles. The molecule has 4 nitrogen and oxygen atoms in total. The zero-order chi connectivity index (χ0) is 15.0. The van der Waals surface area contributed by atoms with Crippen LogP contribution < -0.4 is 11.1 Å². The van der Waals surface area contributed by atoms with Crippen molar-refractivity contribution < 1.29 is 4.79 Å². The lowest BCUT2D eigenvalue weighted by Crippen LogP contribution is -2.56. The van der Waals surface area contributed by atoms with Gasteiger partial charge >= 0.3 is 0 Å². The van der Waals surface area contributed by atoms with E-state index in [1.54, 1.807) is 0 Å². The second-order valence-electron chi connectivity index (χ2n) is 7.76. The number of hydrogen-bond acceptors (Lipinski definition) is 3. The molecule has 0 bridgehead atoms. The molecule has 3 saturated carbocycles. The highest BCUT2D eigenvalue weighted by Gasteiger charge is 2.48. The van der Waals surface area contributed by atoms with Gasteiger partial charge in [-0.2, -0.15) is 0 Å². The largest absolute Gasteiger partial charge is 0.368 e. The summed E-state index contributed by atoms with van der Waals surface area (Å²) in [7, 11) is 2.27. The molecular weight excluding hydrogens is 262 g/mol. The fraction of sp³-hybridized carbons (Fsp3) is 0.941. The summed E-state index contributed by atoms with van der Waals surface area (Å²) in [5, 5.41) is 3.56. The number of nitrogens with one attached hydrogen (secondary N) is 1. The Morgan fingerprint density at radius 1 is 1.19 bits per heavy atom. The van der Waals surface area contributed by atoms with Gasteiger partial charge in [0.05, 0.1) is 5.54 Å². The van der Waals surface area contributed by atoms with E-state index in [0.29, 0.717) is 18.1 Å². The molecule has 3 fully saturated rings. The Morgan fingerprint density at radius 3 is 2.52 bits per heavy atom. The number of nitrogens with zero attached hydrogens (tertiary/aromatic N) is 1. The number of carbonyl (C=O) groups excluding carboxylic acids is 1. The van der Waals surface area contributed by atoms with Gasteiger partial charge in [-0.05, 0) is 57.9 Å². The fourth-order valence-corrected chi connectivity index (χ4v) is 4.58. The van der Waals surface area contributed by atoms with E-state index in [4.69, 9.17) is 5.73 Å². The molecule has 0 aliphatic heterocycles. The highest BCUT2D eigenvalue weighted by Crippen LogP contribution is 2.38. The molecule has 0 aromatic carbocycles. The van der Waals surface area contributed by atoms with Crippen molar-refractivity contribution in [3.8, 4) is 0 Å². The van der Waals surface area contributed by atoms with Crippen molar-refractivity contribution in [2.24, 2.45) is 11.7 Å². The van der Waals surface area contributed by atoms with Crippen LogP contribution in [0.15, 0.2) is 0 Å². The van der Waals surface area contributed by atoms with E-state index in [9.17, 15) is 4.79 Å². The fourth-order valence-electron chi connectivity index (χ4n) is 4.58. The average molecular weight is 293 g/mol. The van der Waals surface area contributed by atoms with Crippen LogP contribution in [0.4, 0.5) is 0 Å². The lowest BCUT2D eigenvalue weighted by atomic mass is 9.84. The van der Waals surface area contributed by atoms with Gasteiger partial charge in [-0.25, -0.2) is 0 Å². The summed E-state index contributed by atoms with van der Waals surface area (Å²) in [6.07, 6.45) is 10.7. The average Bonchev–Trinajstić information content (AvgIpc) is 3.15. The molecule has 3 rings (SSSR count). The summed E-state index contributed by atoms with van der Waals surface area (Å²) in [6.45, 7) is 2.39. The van der Waals surface area contributed by atoms with Crippen LogP contribution in [-0.4, -0.2) is 41.5 Å². The number of amides is 1. The predicted octanol–water partition coefficient (Wildman–Crippen LogP) is 2.03. The molecule has 1 amide bonds. The van der Waals surface area contributed by atoms with Crippen molar-refractivity contribution in [1.29, 1.82) is 0 Å². The first-order valence-electron chi connectivity index (χ1n) is 8.81. The molecule has 4 unspecified atom stereocenters. The van der Waals surface area contributed by atoms with Crippen molar-refractivity contribution in [2.45, 2.75) is 88.4 Å². The molecular formula is C17H31N3O. The van der Waals surface area contributed by atoms with Crippen LogP contribution in [0.5, 0.6) is 0 Å². The summed E-state index contributed by atoms with van der Waals surface area (Å²) < 4.78 is 0. The Labute approximate surface area is 128 Å². The number of carbonyl (C=O) groups is 1. The van der Waals surface area contributed by atoms with Crippen molar-refractivity contribution in [2.75, 3.05) is 7.05 Å². The van der Waals surface area contributed by atoms with E-state index < -0.39 is 5.54 Å². The summed E-state index contributed by atoms with van der Waals surface area (Å²) >= 11 is 0. The Morgan fingerprint density at radius 2 is 1.90 bits per heavy atom. The van der Waals surface area contributed by atoms with Gasteiger partial charge in [0.15, 0.2) is 0 Å². The maximum atomic E-state index is 12.0.